The van der Waals surface area contributed by atoms with Crippen LogP contribution in [-0.2, 0) is 19.1 Å². The quantitative estimate of drug-likeness (QED) is 0.298. The van der Waals surface area contributed by atoms with Gasteiger partial charge in [0.2, 0.25) is 0 Å². The van der Waals surface area contributed by atoms with Crippen molar-refractivity contribution in [3.8, 4) is 22.7 Å². The van der Waals surface area contributed by atoms with E-state index in [-0.39, 0.29) is 32.6 Å². The van der Waals surface area contributed by atoms with Crippen LogP contribution in [0.25, 0.3) is 22.7 Å². The number of aromatic nitrogens is 3. The Labute approximate surface area is 197 Å². The molecule has 0 unspecified atom stereocenters. The standard InChI is InChI=1S/C20H17ClF8N4O2/c1-8(2)30-17(34)10-6-9(4-5-11(10)21)13-7-12(32-35-13)15-14(19(24,25)26)16(31-33(15)3)18(22,23)20(27,28)29/h4-8,17,30,34H,1-3H3/t17-/m0/s1. The number of nitrogens with zero attached hydrogens (tertiary/aromatic N) is 3. The molecule has 0 bridgehead atoms. The van der Waals surface area contributed by atoms with Gasteiger partial charge in [-0.3, -0.25) is 10.00 Å². The van der Waals surface area contributed by atoms with E-state index in [1.165, 1.54) is 18.2 Å². The summed E-state index contributed by atoms with van der Waals surface area (Å²) in [6.45, 7) is 3.51. The molecule has 192 valence electrons. The maximum atomic E-state index is 13.9. The average Bonchev–Trinajstić information content (AvgIpc) is 3.31. The third-order valence-electron chi connectivity index (χ3n) is 4.80. The molecule has 1 aromatic carbocycles. The van der Waals surface area contributed by atoms with E-state index in [2.05, 4.69) is 15.6 Å². The zero-order valence-electron chi connectivity index (χ0n) is 18.1. The Balaban J connectivity index is 2.13. The van der Waals surface area contributed by atoms with E-state index in [4.69, 9.17) is 16.1 Å². The molecule has 0 aliphatic heterocycles. The van der Waals surface area contributed by atoms with Gasteiger partial charge in [-0.25, -0.2) is 0 Å². The van der Waals surface area contributed by atoms with Crippen LogP contribution in [0.4, 0.5) is 35.1 Å². The van der Waals surface area contributed by atoms with Crippen molar-refractivity contribution in [2.24, 2.45) is 7.05 Å². The van der Waals surface area contributed by atoms with E-state index in [0.29, 0.717) is 0 Å². The Morgan fingerprint density at radius 3 is 2.23 bits per heavy atom. The van der Waals surface area contributed by atoms with Crippen molar-refractivity contribution in [3.63, 3.8) is 0 Å². The highest BCUT2D eigenvalue weighted by Gasteiger charge is 2.64. The number of hydrogen-bond acceptors (Lipinski definition) is 5. The van der Waals surface area contributed by atoms with Crippen molar-refractivity contribution < 1.29 is 44.8 Å². The van der Waals surface area contributed by atoms with Gasteiger partial charge in [-0.05, 0) is 32.0 Å². The average molecular weight is 533 g/mol. The minimum absolute atomic E-state index is 0.142. The first-order chi connectivity index (χ1) is 15.9. The molecular weight excluding hydrogens is 516 g/mol. The van der Waals surface area contributed by atoms with Crippen molar-refractivity contribution in [1.29, 1.82) is 0 Å². The maximum absolute atomic E-state index is 13.9. The van der Waals surface area contributed by atoms with Gasteiger partial charge in [-0.15, -0.1) is 0 Å². The molecule has 0 fully saturated rings. The summed E-state index contributed by atoms with van der Waals surface area (Å²) >= 11 is 6.09. The second kappa shape index (κ2) is 9.06. The highest BCUT2D eigenvalue weighted by Crippen LogP contribution is 2.50. The molecular formula is C20H17ClF8N4O2. The predicted molar refractivity (Wildman–Crippen MR) is 107 cm³/mol. The zero-order chi connectivity index (χ0) is 26.5. The number of hydrogen-bond donors (Lipinski definition) is 2. The van der Waals surface area contributed by atoms with E-state index in [0.717, 1.165) is 13.1 Å². The van der Waals surface area contributed by atoms with Gasteiger partial charge in [-0.2, -0.15) is 40.2 Å². The molecule has 6 nitrogen and oxygen atoms in total. The van der Waals surface area contributed by atoms with E-state index < -0.39 is 47.1 Å². The van der Waals surface area contributed by atoms with Gasteiger partial charge in [0.25, 0.3) is 0 Å². The van der Waals surface area contributed by atoms with Crippen molar-refractivity contribution in [2.45, 2.75) is 44.4 Å². The molecule has 2 N–H and O–H groups in total. The largest absolute Gasteiger partial charge is 0.459 e. The predicted octanol–water partition coefficient (Wildman–Crippen LogP) is 6.06. The van der Waals surface area contributed by atoms with Gasteiger partial charge in [0.15, 0.2) is 11.5 Å². The molecule has 15 heteroatoms. The maximum Gasteiger partial charge on any atom is 0.459 e. The van der Waals surface area contributed by atoms with Gasteiger partial charge in [0, 0.05) is 35.3 Å². The lowest BCUT2D eigenvalue weighted by Gasteiger charge is -2.19. The summed E-state index contributed by atoms with van der Waals surface area (Å²) in [5, 5.41) is 19.5. The SMILES string of the molecule is CC(C)N[C@@H](O)c1cc(-c2cc(-c3c(C(F)(F)F)c(C(F)(F)C(F)(F)F)nn3C)no2)ccc1Cl. The second-order valence-corrected chi connectivity index (χ2v) is 8.21. The molecule has 1 atom stereocenters. The number of halogens is 9. The first kappa shape index (κ1) is 26.9. The molecule has 0 saturated carbocycles. The summed E-state index contributed by atoms with van der Waals surface area (Å²) in [6, 6.07) is 4.87. The summed E-state index contributed by atoms with van der Waals surface area (Å²) in [4.78, 5) is 0. The van der Waals surface area contributed by atoms with Gasteiger partial charge in [0.05, 0.1) is 0 Å². The number of aryl methyl sites for hydroxylation is 1. The molecule has 35 heavy (non-hydrogen) atoms. The summed E-state index contributed by atoms with van der Waals surface area (Å²) in [5.41, 5.74) is -6.26. The number of benzene rings is 1. The Morgan fingerprint density at radius 1 is 1.06 bits per heavy atom. The second-order valence-electron chi connectivity index (χ2n) is 7.80. The van der Waals surface area contributed by atoms with Crippen LogP contribution in [0.2, 0.25) is 5.02 Å². The van der Waals surface area contributed by atoms with Gasteiger partial charge in [-0.1, -0.05) is 16.8 Å². The minimum Gasteiger partial charge on any atom is -0.374 e. The fraction of sp³-hybridized carbons (Fsp3) is 0.400. The van der Waals surface area contributed by atoms with E-state index in [1.54, 1.807) is 13.8 Å². The van der Waals surface area contributed by atoms with Crippen molar-refractivity contribution in [3.05, 3.63) is 46.1 Å². The molecule has 0 radical (unpaired) electrons. The summed E-state index contributed by atoms with van der Waals surface area (Å²) in [5.74, 6) is -6.06. The Kier molecular flexibility index (Phi) is 6.96. The lowest BCUT2D eigenvalue weighted by atomic mass is 10.0. The number of nitrogens with one attached hydrogen (secondary N) is 1. The fourth-order valence-electron chi connectivity index (χ4n) is 3.28. The summed E-state index contributed by atoms with van der Waals surface area (Å²) in [6.07, 6.45) is -13.2. The van der Waals surface area contributed by atoms with Crippen LogP contribution in [0.5, 0.6) is 0 Å². The van der Waals surface area contributed by atoms with Gasteiger partial charge in [0.1, 0.15) is 23.2 Å². The van der Waals surface area contributed by atoms with Crippen LogP contribution in [0.3, 0.4) is 0 Å². The molecule has 0 aliphatic rings. The first-order valence-corrected chi connectivity index (χ1v) is 10.1. The molecule has 2 heterocycles. The van der Waals surface area contributed by atoms with Crippen molar-refractivity contribution in [2.75, 3.05) is 0 Å². The normalized spacial score (nSPS) is 14.1. The van der Waals surface area contributed by atoms with Gasteiger partial charge < -0.3 is 9.63 Å². The van der Waals surface area contributed by atoms with Crippen LogP contribution in [-0.4, -0.2) is 32.3 Å². The Morgan fingerprint density at radius 2 is 1.69 bits per heavy atom. The van der Waals surface area contributed by atoms with Crippen LogP contribution in [0.15, 0.2) is 28.8 Å². The van der Waals surface area contributed by atoms with Crippen molar-refractivity contribution >= 4 is 11.6 Å². The lowest BCUT2D eigenvalue weighted by Crippen LogP contribution is -2.36. The molecule has 0 spiro atoms. The fourth-order valence-corrected chi connectivity index (χ4v) is 3.50. The molecule has 3 aromatic rings. The third-order valence-corrected chi connectivity index (χ3v) is 5.15. The topological polar surface area (TPSA) is 76.1 Å². The highest BCUT2D eigenvalue weighted by molar-refractivity contribution is 6.31. The van der Waals surface area contributed by atoms with Crippen molar-refractivity contribution in [1.82, 2.24) is 20.3 Å². The summed E-state index contributed by atoms with van der Waals surface area (Å²) in [7, 11) is 0.767. The van der Waals surface area contributed by atoms with Gasteiger partial charge >= 0.3 is 18.3 Å². The minimum atomic E-state index is -6.32. The monoisotopic (exact) mass is 532 g/mol. The van der Waals surface area contributed by atoms with Crippen LogP contribution in [0.1, 0.15) is 36.9 Å². The Hall–Kier alpha value is -2.71. The molecule has 0 aliphatic carbocycles. The molecule has 3 rings (SSSR count). The summed E-state index contributed by atoms with van der Waals surface area (Å²) < 4.78 is 113. The first-order valence-electron chi connectivity index (χ1n) is 9.75. The van der Waals surface area contributed by atoms with Crippen LogP contribution >= 0.6 is 11.6 Å². The Bertz CT molecular complexity index is 1220. The lowest BCUT2D eigenvalue weighted by molar-refractivity contribution is -0.292. The highest BCUT2D eigenvalue weighted by atomic mass is 35.5. The number of aliphatic hydroxyl groups excluding tert-OH is 1. The number of rotatable bonds is 6. The van der Waals surface area contributed by atoms with E-state index >= 15 is 0 Å². The molecule has 0 saturated heterocycles. The van der Waals surface area contributed by atoms with Crippen LogP contribution in [0, 0.1) is 0 Å². The van der Waals surface area contributed by atoms with Crippen LogP contribution < -0.4 is 5.32 Å². The number of alkyl halides is 8. The van der Waals surface area contributed by atoms with E-state index in [9.17, 15) is 40.2 Å². The third kappa shape index (κ3) is 5.14. The van der Waals surface area contributed by atoms with E-state index in [1.807, 2.05) is 0 Å². The number of aliphatic hydroxyl groups is 1. The molecule has 0 amide bonds. The molecule has 2 aromatic heterocycles. The smallest absolute Gasteiger partial charge is 0.374 e. The zero-order valence-corrected chi connectivity index (χ0v) is 18.8.